The van der Waals surface area contributed by atoms with Crippen molar-refractivity contribution >= 4 is 17.9 Å². The van der Waals surface area contributed by atoms with Crippen LogP contribution in [-0.2, 0) is 28.6 Å². The van der Waals surface area contributed by atoms with Gasteiger partial charge < -0.3 is 14.2 Å². The molecule has 0 radical (unpaired) electrons. The van der Waals surface area contributed by atoms with Gasteiger partial charge in [0.2, 0.25) is 0 Å². The maximum absolute atomic E-state index is 12.7. The third-order valence-corrected chi connectivity index (χ3v) is 10.6. The molecule has 0 bridgehead atoms. The molecule has 6 heteroatoms. The van der Waals surface area contributed by atoms with E-state index in [1.54, 1.807) is 0 Å². The summed E-state index contributed by atoms with van der Waals surface area (Å²) in [5.74, 6) is -0.912. The van der Waals surface area contributed by atoms with Gasteiger partial charge >= 0.3 is 17.9 Å². The van der Waals surface area contributed by atoms with E-state index in [0.29, 0.717) is 19.3 Å². The highest BCUT2D eigenvalue weighted by molar-refractivity contribution is 5.71. The van der Waals surface area contributed by atoms with Gasteiger partial charge in [0.15, 0.2) is 6.10 Å². The summed E-state index contributed by atoms with van der Waals surface area (Å²) in [6.45, 7) is 6.56. The molecule has 0 aromatic carbocycles. The zero-order valence-electron chi connectivity index (χ0n) is 38.3. The van der Waals surface area contributed by atoms with Gasteiger partial charge in [0.1, 0.15) is 13.2 Å². The van der Waals surface area contributed by atoms with E-state index < -0.39 is 6.10 Å². The van der Waals surface area contributed by atoms with Gasteiger partial charge in [0.25, 0.3) is 0 Å². The Bertz CT molecular complexity index is 1030. The average molecular weight is 813 g/mol. The number of ether oxygens (including phenoxy) is 3. The fourth-order valence-corrected chi connectivity index (χ4v) is 6.80. The first kappa shape index (κ1) is 55.4. The molecule has 0 aromatic rings. The second-order valence-electron chi connectivity index (χ2n) is 16.4. The zero-order chi connectivity index (χ0) is 42.3. The standard InChI is InChI=1S/C52H92O6/c1-4-7-10-13-16-19-22-24-25-26-27-29-30-33-36-39-42-45-51(54)57-48-49(47-56-50(53)44-41-38-35-32-21-18-15-12-9-6-3)58-52(55)46-43-40-37-34-31-28-23-20-17-14-11-8-5-2/h16,19-20,23-25,27,29,49H,4-15,17-18,21-22,26,28,30-48H2,1-3H3/b19-16-,23-20-,25-24-,29-27-/t49-/m1/s1. The van der Waals surface area contributed by atoms with Gasteiger partial charge in [-0.25, -0.2) is 0 Å². The number of carbonyl (C=O) groups is 3. The van der Waals surface area contributed by atoms with Crippen molar-refractivity contribution in [2.45, 2.75) is 252 Å². The molecule has 6 nitrogen and oxygen atoms in total. The fraction of sp³-hybridized carbons (Fsp3) is 0.788. The molecule has 336 valence electrons. The number of allylic oxidation sites excluding steroid dienone is 8. The molecule has 0 fully saturated rings. The summed E-state index contributed by atoms with van der Waals surface area (Å²) in [7, 11) is 0. The lowest BCUT2D eigenvalue weighted by atomic mass is 10.1. The fourth-order valence-electron chi connectivity index (χ4n) is 6.80. The van der Waals surface area contributed by atoms with Crippen molar-refractivity contribution in [3.05, 3.63) is 48.6 Å². The smallest absolute Gasteiger partial charge is 0.306 e. The molecule has 0 aliphatic carbocycles. The molecule has 0 aliphatic heterocycles. The predicted molar refractivity (Wildman–Crippen MR) is 247 cm³/mol. The lowest BCUT2D eigenvalue weighted by Gasteiger charge is -2.18. The quantitative estimate of drug-likeness (QED) is 0.0264. The van der Waals surface area contributed by atoms with Gasteiger partial charge in [0.05, 0.1) is 0 Å². The van der Waals surface area contributed by atoms with E-state index in [-0.39, 0.29) is 31.1 Å². The summed E-state index contributed by atoms with van der Waals surface area (Å²) >= 11 is 0. The van der Waals surface area contributed by atoms with E-state index >= 15 is 0 Å². The Morgan fingerprint density at radius 3 is 1.03 bits per heavy atom. The first-order valence-electron chi connectivity index (χ1n) is 24.6. The number of hydrogen-bond donors (Lipinski definition) is 0. The highest BCUT2D eigenvalue weighted by Gasteiger charge is 2.19. The van der Waals surface area contributed by atoms with Crippen LogP contribution in [0.2, 0.25) is 0 Å². The van der Waals surface area contributed by atoms with Crippen molar-refractivity contribution in [2.24, 2.45) is 0 Å². The molecule has 0 N–H and O–H groups in total. The normalized spacial score (nSPS) is 12.4. The second-order valence-corrected chi connectivity index (χ2v) is 16.4. The summed E-state index contributed by atoms with van der Waals surface area (Å²) in [5, 5.41) is 0. The van der Waals surface area contributed by atoms with E-state index in [2.05, 4.69) is 69.4 Å². The van der Waals surface area contributed by atoms with Gasteiger partial charge in [-0.2, -0.15) is 0 Å². The van der Waals surface area contributed by atoms with Gasteiger partial charge in [-0.1, -0.05) is 191 Å². The maximum atomic E-state index is 12.7. The molecule has 0 aromatic heterocycles. The van der Waals surface area contributed by atoms with Crippen molar-refractivity contribution in [3.63, 3.8) is 0 Å². The molecule has 0 amide bonds. The Balaban J connectivity index is 4.39. The van der Waals surface area contributed by atoms with Crippen LogP contribution < -0.4 is 0 Å². The summed E-state index contributed by atoms with van der Waals surface area (Å²) in [6.07, 6.45) is 55.2. The van der Waals surface area contributed by atoms with Crippen LogP contribution in [0, 0.1) is 0 Å². The first-order chi connectivity index (χ1) is 28.5. The molecule has 0 heterocycles. The predicted octanol–water partition coefficient (Wildman–Crippen LogP) is 15.9. The van der Waals surface area contributed by atoms with Gasteiger partial charge in [0, 0.05) is 19.3 Å². The second kappa shape index (κ2) is 47.1. The molecule has 58 heavy (non-hydrogen) atoms. The monoisotopic (exact) mass is 813 g/mol. The average Bonchev–Trinajstić information content (AvgIpc) is 3.22. The van der Waals surface area contributed by atoms with Crippen LogP contribution in [0.15, 0.2) is 48.6 Å². The topological polar surface area (TPSA) is 78.9 Å². The molecule has 0 unspecified atom stereocenters. The number of esters is 3. The minimum absolute atomic E-state index is 0.0821. The lowest BCUT2D eigenvalue weighted by molar-refractivity contribution is -0.167. The molecule has 1 atom stereocenters. The largest absolute Gasteiger partial charge is 0.462 e. The van der Waals surface area contributed by atoms with Crippen LogP contribution in [0.4, 0.5) is 0 Å². The van der Waals surface area contributed by atoms with Crippen LogP contribution in [0.25, 0.3) is 0 Å². The van der Waals surface area contributed by atoms with Crippen LogP contribution in [-0.4, -0.2) is 37.2 Å². The van der Waals surface area contributed by atoms with E-state index in [9.17, 15) is 14.4 Å². The first-order valence-corrected chi connectivity index (χ1v) is 24.6. The molecule has 0 spiro atoms. The Morgan fingerprint density at radius 2 is 0.621 bits per heavy atom. The summed E-state index contributed by atoms with van der Waals surface area (Å²) in [4.78, 5) is 37.8. The zero-order valence-corrected chi connectivity index (χ0v) is 38.3. The van der Waals surface area contributed by atoms with Crippen molar-refractivity contribution in [1.82, 2.24) is 0 Å². The SMILES string of the molecule is CCCCC/C=C\C/C=C\C/C=C\CCCCCCC(=O)OC[C@@H](COC(=O)CCCCCCCCCCCC)OC(=O)CCCCCCC/C=C\CCCCCC. The Hall–Kier alpha value is -2.63. The van der Waals surface area contributed by atoms with E-state index in [4.69, 9.17) is 14.2 Å². The molecule has 0 saturated heterocycles. The number of carbonyl (C=O) groups excluding carboxylic acids is 3. The number of hydrogen-bond acceptors (Lipinski definition) is 6. The van der Waals surface area contributed by atoms with Gasteiger partial charge in [-0.15, -0.1) is 0 Å². The van der Waals surface area contributed by atoms with Gasteiger partial charge in [-0.3, -0.25) is 14.4 Å². The van der Waals surface area contributed by atoms with Crippen molar-refractivity contribution in [2.75, 3.05) is 13.2 Å². The maximum Gasteiger partial charge on any atom is 0.306 e. The third-order valence-electron chi connectivity index (χ3n) is 10.6. The summed E-state index contributed by atoms with van der Waals surface area (Å²) in [5.41, 5.74) is 0. The lowest BCUT2D eigenvalue weighted by Crippen LogP contribution is -2.30. The van der Waals surface area contributed by atoms with Crippen molar-refractivity contribution < 1.29 is 28.6 Å². The number of unbranched alkanes of at least 4 members (excludes halogenated alkanes) is 25. The van der Waals surface area contributed by atoms with Crippen LogP contribution in [0.1, 0.15) is 245 Å². The van der Waals surface area contributed by atoms with E-state index in [1.807, 2.05) is 0 Å². The molecular weight excluding hydrogens is 721 g/mol. The van der Waals surface area contributed by atoms with E-state index in [1.165, 1.54) is 109 Å². The van der Waals surface area contributed by atoms with Gasteiger partial charge in [-0.05, 0) is 83.5 Å². The Kier molecular flexibility index (Phi) is 44.9. The molecule has 0 aliphatic rings. The highest BCUT2D eigenvalue weighted by Crippen LogP contribution is 2.14. The van der Waals surface area contributed by atoms with Crippen LogP contribution in [0.5, 0.6) is 0 Å². The summed E-state index contributed by atoms with van der Waals surface area (Å²) < 4.78 is 16.7. The van der Waals surface area contributed by atoms with Crippen molar-refractivity contribution in [1.29, 1.82) is 0 Å². The minimum atomic E-state index is -0.782. The summed E-state index contributed by atoms with van der Waals surface area (Å²) in [6, 6.07) is 0. The molecule has 0 saturated carbocycles. The number of rotatable bonds is 44. The van der Waals surface area contributed by atoms with Crippen LogP contribution >= 0.6 is 0 Å². The molecule has 0 rings (SSSR count). The Morgan fingerprint density at radius 1 is 0.345 bits per heavy atom. The van der Waals surface area contributed by atoms with E-state index in [0.717, 1.165) is 96.3 Å². The van der Waals surface area contributed by atoms with Crippen molar-refractivity contribution in [3.8, 4) is 0 Å². The highest BCUT2D eigenvalue weighted by atomic mass is 16.6. The third kappa shape index (κ3) is 44.5. The minimum Gasteiger partial charge on any atom is -0.462 e. The Labute approximate surface area is 358 Å². The molecular formula is C52H92O6. The van der Waals surface area contributed by atoms with Crippen LogP contribution in [0.3, 0.4) is 0 Å².